The second-order valence-corrected chi connectivity index (χ2v) is 8.27. The van der Waals surface area contributed by atoms with Gasteiger partial charge in [0.1, 0.15) is 17.3 Å². The van der Waals surface area contributed by atoms with E-state index in [1.165, 1.54) is 12.2 Å². The van der Waals surface area contributed by atoms with Gasteiger partial charge in [-0.25, -0.2) is 4.99 Å². The Morgan fingerprint density at radius 3 is 2.78 bits per heavy atom. The monoisotopic (exact) mass is 504 g/mol. The van der Waals surface area contributed by atoms with E-state index in [1.807, 2.05) is 24.3 Å². The molecule has 1 aliphatic heterocycles. The molecule has 1 unspecified atom stereocenters. The molecule has 182 valence electrons. The number of carbonyl (C=O) groups is 1. The van der Waals surface area contributed by atoms with Gasteiger partial charge in [-0.15, -0.1) is 0 Å². The molecule has 0 radical (unpaired) electrons. The van der Waals surface area contributed by atoms with Crippen LogP contribution in [0.25, 0.3) is 23.3 Å². The van der Waals surface area contributed by atoms with Crippen LogP contribution in [0.1, 0.15) is 30.0 Å². The maximum absolute atomic E-state index is 13.5. The molecule has 3 N–H and O–H groups in total. The number of oxazole rings is 1. The molecule has 1 aromatic carbocycles. The normalized spacial score (nSPS) is 15.4. The van der Waals surface area contributed by atoms with Crippen LogP contribution in [0.3, 0.4) is 0 Å². The predicted molar refractivity (Wildman–Crippen MR) is 137 cm³/mol. The molecule has 4 heterocycles. The summed E-state index contributed by atoms with van der Waals surface area (Å²) in [6.07, 6.45) is 4.64. The number of aliphatic imine (C=N–C) groups is 1. The van der Waals surface area contributed by atoms with Gasteiger partial charge in [0.05, 0.1) is 16.2 Å². The number of carbonyl (C=O) groups excluding carboxylic acids is 1. The summed E-state index contributed by atoms with van der Waals surface area (Å²) in [5.41, 5.74) is 3.03. The van der Waals surface area contributed by atoms with Crippen LogP contribution < -0.4 is 16.0 Å². The van der Waals surface area contributed by atoms with Gasteiger partial charge in [-0.3, -0.25) is 14.8 Å². The molecule has 36 heavy (non-hydrogen) atoms. The number of para-hydroxylation sites is 2. The Bertz CT molecular complexity index is 1540. The van der Waals surface area contributed by atoms with Crippen LogP contribution in [0, 0.1) is 0 Å². The molecule has 0 saturated heterocycles. The highest BCUT2D eigenvalue weighted by Crippen LogP contribution is 2.35. The number of nitrogens with one attached hydrogen (secondary N) is 3. The van der Waals surface area contributed by atoms with E-state index >= 15 is 0 Å². The topological polar surface area (TPSA) is 135 Å². The third kappa shape index (κ3) is 4.16. The van der Waals surface area contributed by atoms with Crippen molar-refractivity contribution < 1.29 is 13.7 Å². The van der Waals surface area contributed by atoms with Crippen molar-refractivity contribution in [2.24, 2.45) is 12.0 Å². The van der Waals surface area contributed by atoms with Crippen LogP contribution >= 0.6 is 11.6 Å². The molecule has 1 amide bonds. The maximum atomic E-state index is 13.5. The van der Waals surface area contributed by atoms with Crippen LogP contribution in [-0.4, -0.2) is 31.8 Å². The number of hydrogen-bond donors (Lipinski definition) is 3. The number of hydrogen-bond acceptors (Lipinski definition) is 9. The van der Waals surface area contributed by atoms with E-state index in [0.717, 1.165) is 0 Å². The summed E-state index contributed by atoms with van der Waals surface area (Å²) in [7, 11) is 1.73. The van der Waals surface area contributed by atoms with E-state index < -0.39 is 11.9 Å². The van der Waals surface area contributed by atoms with Gasteiger partial charge >= 0.3 is 6.01 Å². The first-order chi connectivity index (χ1) is 17.4. The number of amides is 1. The molecule has 0 spiro atoms. The third-order valence-corrected chi connectivity index (χ3v) is 5.74. The summed E-state index contributed by atoms with van der Waals surface area (Å²) in [6.45, 7) is 9.17. The van der Waals surface area contributed by atoms with Crippen molar-refractivity contribution in [1.29, 1.82) is 0 Å². The van der Waals surface area contributed by atoms with E-state index in [1.54, 1.807) is 24.9 Å². The van der Waals surface area contributed by atoms with Gasteiger partial charge in [0, 0.05) is 18.9 Å². The van der Waals surface area contributed by atoms with Crippen molar-refractivity contribution in [3.05, 3.63) is 76.9 Å². The fraction of sp³-hybridized carbons (Fsp3) is 0.125. The zero-order valence-corrected chi connectivity index (χ0v) is 20.1. The van der Waals surface area contributed by atoms with Crippen molar-refractivity contribution in [2.75, 3.05) is 10.6 Å². The van der Waals surface area contributed by atoms with Crippen LogP contribution in [0.15, 0.2) is 68.8 Å². The molecule has 12 heteroatoms. The van der Waals surface area contributed by atoms with Crippen molar-refractivity contribution in [1.82, 2.24) is 25.2 Å². The predicted octanol–water partition coefficient (Wildman–Crippen LogP) is 4.51. The molecule has 1 aliphatic rings. The minimum Gasteiger partial charge on any atom is -0.423 e. The number of benzene rings is 1. The lowest BCUT2D eigenvalue weighted by Crippen LogP contribution is -2.37. The zero-order chi connectivity index (χ0) is 25.4. The number of aromatic nitrogens is 4. The smallest absolute Gasteiger partial charge is 0.302 e. The Morgan fingerprint density at radius 1 is 1.28 bits per heavy atom. The highest BCUT2D eigenvalue weighted by Gasteiger charge is 2.33. The van der Waals surface area contributed by atoms with Gasteiger partial charge in [0.25, 0.3) is 5.91 Å². The standard InChI is InChI=1S/C24H21ClN8O3/c1-5-13-16(6-2)36-32-21(13)29-22(34)18-12(3)26-23(28-20(18)19-14(25)11-33(4)31-19)30-24-27-15-9-7-8-10-17(15)35-24/h5-11,20H,1-2H2,3-4H3,(H,29,32,34)(H2,26,27,28,30). The second kappa shape index (κ2) is 9.19. The number of halogens is 1. The van der Waals surface area contributed by atoms with E-state index in [-0.39, 0.29) is 17.4 Å². The lowest BCUT2D eigenvalue weighted by atomic mass is 10.00. The van der Waals surface area contributed by atoms with Gasteiger partial charge in [-0.1, -0.05) is 48.1 Å². The molecule has 0 saturated carbocycles. The number of aryl methyl sites for hydroxylation is 1. The van der Waals surface area contributed by atoms with E-state index in [0.29, 0.717) is 44.8 Å². The zero-order valence-electron chi connectivity index (χ0n) is 19.4. The summed E-state index contributed by atoms with van der Waals surface area (Å²) >= 11 is 6.46. The SMILES string of the molecule is C=Cc1onc(NC(=O)C2=C(C)NC(Nc3nc4ccccc4o3)=NC2c2nn(C)cc2Cl)c1C=C. The molecule has 4 aromatic rings. The summed E-state index contributed by atoms with van der Waals surface area (Å²) in [5, 5.41) is 17.6. The summed E-state index contributed by atoms with van der Waals surface area (Å²) in [6, 6.07) is 6.77. The van der Waals surface area contributed by atoms with Crippen LogP contribution in [-0.2, 0) is 11.8 Å². The lowest BCUT2D eigenvalue weighted by molar-refractivity contribution is -0.113. The molecule has 0 bridgehead atoms. The van der Waals surface area contributed by atoms with Gasteiger partial charge in [-0.2, -0.15) is 10.1 Å². The van der Waals surface area contributed by atoms with E-state index in [4.69, 9.17) is 20.5 Å². The van der Waals surface area contributed by atoms with Gasteiger partial charge in [0.2, 0.25) is 5.96 Å². The Labute approximate surface area is 210 Å². The summed E-state index contributed by atoms with van der Waals surface area (Å²) in [5.74, 6) is 0.434. The van der Waals surface area contributed by atoms with Crippen molar-refractivity contribution in [3.63, 3.8) is 0 Å². The van der Waals surface area contributed by atoms with Crippen LogP contribution in [0.2, 0.25) is 5.02 Å². The highest BCUT2D eigenvalue weighted by atomic mass is 35.5. The average molecular weight is 505 g/mol. The second-order valence-electron chi connectivity index (χ2n) is 7.86. The Hall–Kier alpha value is -4.64. The molecule has 11 nitrogen and oxygen atoms in total. The number of anilines is 2. The highest BCUT2D eigenvalue weighted by molar-refractivity contribution is 6.31. The van der Waals surface area contributed by atoms with Gasteiger partial charge < -0.3 is 19.6 Å². The minimum absolute atomic E-state index is 0.204. The number of rotatable bonds is 6. The number of allylic oxidation sites excluding steroid dienone is 1. The number of fused-ring (bicyclic) bond motifs is 1. The van der Waals surface area contributed by atoms with Crippen molar-refractivity contribution in [2.45, 2.75) is 13.0 Å². The molecular weight excluding hydrogens is 484 g/mol. The van der Waals surface area contributed by atoms with Crippen molar-refractivity contribution in [3.8, 4) is 0 Å². The number of nitrogens with zero attached hydrogens (tertiary/aromatic N) is 5. The van der Waals surface area contributed by atoms with Crippen molar-refractivity contribution >= 4 is 58.6 Å². The fourth-order valence-corrected chi connectivity index (χ4v) is 4.12. The van der Waals surface area contributed by atoms with E-state index in [2.05, 4.69) is 49.3 Å². The van der Waals surface area contributed by atoms with Gasteiger partial charge in [-0.05, 0) is 25.1 Å². The maximum Gasteiger partial charge on any atom is 0.302 e. The largest absolute Gasteiger partial charge is 0.423 e. The fourth-order valence-electron chi connectivity index (χ4n) is 3.84. The average Bonchev–Trinajstić information content (AvgIpc) is 3.53. The molecule has 3 aromatic heterocycles. The Kier molecular flexibility index (Phi) is 5.90. The summed E-state index contributed by atoms with van der Waals surface area (Å²) in [4.78, 5) is 22.6. The number of guanidine groups is 1. The molecular formula is C24H21ClN8O3. The first-order valence-corrected chi connectivity index (χ1v) is 11.2. The molecule has 0 aliphatic carbocycles. The minimum atomic E-state index is -0.843. The van der Waals surface area contributed by atoms with E-state index in [9.17, 15) is 4.79 Å². The Balaban J connectivity index is 1.50. The summed E-state index contributed by atoms with van der Waals surface area (Å²) < 4.78 is 12.5. The van der Waals surface area contributed by atoms with Crippen LogP contribution in [0.4, 0.5) is 11.8 Å². The van der Waals surface area contributed by atoms with Gasteiger partial charge in [0.15, 0.2) is 17.2 Å². The molecule has 0 fully saturated rings. The quantitative estimate of drug-likeness (QED) is 0.349. The molecule has 1 atom stereocenters. The third-order valence-electron chi connectivity index (χ3n) is 5.45. The first-order valence-electron chi connectivity index (χ1n) is 10.8. The Morgan fingerprint density at radius 2 is 2.08 bits per heavy atom. The lowest BCUT2D eigenvalue weighted by Gasteiger charge is -2.25. The van der Waals surface area contributed by atoms with Crippen LogP contribution in [0.5, 0.6) is 0 Å². The first kappa shape index (κ1) is 23.1. The molecule has 5 rings (SSSR count).